The summed E-state index contributed by atoms with van der Waals surface area (Å²) in [5, 5.41) is 4.70. The summed E-state index contributed by atoms with van der Waals surface area (Å²) < 4.78 is 8.95. The average Bonchev–Trinajstić information content (AvgIpc) is 3.98. The molecule has 0 fully saturated rings. The van der Waals surface area contributed by atoms with Gasteiger partial charge >= 0.3 is 0 Å². The molecule has 3 heteroatoms. The molecular weight excluding hydrogens is 837 g/mol. The molecule has 2 heterocycles. The lowest BCUT2D eigenvalue weighted by molar-refractivity contribution is 0.670. The second kappa shape index (κ2) is 16.9. The van der Waals surface area contributed by atoms with E-state index in [0.29, 0.717) is 0 Å². The molecule has 3 nitrogen and oxygen atoms in total. The largest absolute Gasteiger partial charge is 0.455 e. The summed E-state index contributed by atoms with van der Waals surface area (Å²) >= 11 is 0. The van der Waals surface area contributed by atoms with Crippen molar-refractivity contribution in [1.29, 1.82) is 0 Å². The Bertz CT molecular complexity index is 3880. The molecule has 11 aromatic carbocycles. The lowest BCUT2D eigenvalue weighted by Gasteiger charge is -2.26. The van der Waals surface area contributed by atoms with Gasteiger partial charge in [0.25, 0.3) is 0 Å². The first-order chi connectivity index (χ1) is 34.2. The van der Waals surface area contributed by atoms with E-state index < -0.39 is 0 Å². The van der Waals surface area contributed by atoms with E-state index in [1.54, 1.807) is 0 Å². The van der Waals surface area contributed by atoms with E-state index in [9.17, 15) is 0 Å². The minimum absolute atomic E-state index is 0.904. The van der Waals surface area contributed by atoms with Gasteiger partial charge in [0.2, 0.25) is 0 Å². The van der Waals surface area contributed by atoms with E-state index in [2.05, 4.69) is 264 Å². The number of fused-ring (bicyclic) bond motifs is 6. The van der Waals surface area contributed by atoms with Gasteiger partial charge in [0.15, 0.2) is 0 Å². The van der Waals surface area contributed by atoms with Crippen LogP contribution in [0.3, 0.4) is 0 Å². The molecule has 2 aromatic heterocycles. The summed E-state index contributed by atoms with van der Waals surface area (Å²) in [5.74, 6) is 0. The maximum absolute atomic E-state index is 6.52. The Labute approximate surface area is 401 Å². The molecule has 13 rings (SSSR count). The zero-order valence-electron chi connectivity index (χ0n) is 37.7. The predicted molar refractivity (Wildman–Crippen MR) is 290 cm³/mol. The molecule has 0 aliphatic carbocycles. The number of para-hydroxylation sites is 4. The van der Waals surface area contributed by atoms with E-state index >= 15 is 0 Å². The van der Waals surface area contributed by atoms with Gasteiger partial charge in [0.1, 0.15) is 11.2 Å². The average molecular weight is 881 g/mol. The van der Waals surface area contributed by atoms with Crippen LogP contribution in [0.15, 0.2) is 271 Å². The number of nitrogens with zero attached hydrogens (tertiary/aromatic N) is 2. The summed E-state index contributed by atoms with van der Waals surface area (Å²) in [6.45, 7) is 0. The van der Waals surface area contributed by atoms with Crippen LogP contribution in [0.1, 0.15) is 0 Å². The zero-order valence-corrected chi connectivity index (χ0v) is 37.7. The number of rotatable bonds is 9. The van der Waals surface area contributed by atoms with Crippen LogP contribution in [0.4, 0.5) is 17.1 Å². The summed E-state index contributed by atoms with van der Waals surface area (Å²) in [7, 11) is 0. The molecule has 0 bridgehead atoms. The molecule has 0 spiro atoms. The van der Waals surface area contributed by atoms with Crippen LogP contribution in [-0.4, -0.2) is 4.57 Å². The van der Waals surface area contributed by atoms with Crippen molar-refractivity contribution in [2.75, 3.05) is 4.90 Å². The number of benzene rings is 11. The van der Waals surface area contributed by atoms with Crippen LogP contribution in [0.25, 0.3) is 105 Å². The lowest BCUT2D eigenvalue weighted by Crippen LogP contribution is -2.09. The fourth-order valence-electron chi connectivity index (χ4n) is 10.2. The van der Waals surface area contributed by atoms with E-state index in [0.717, 1.165) is 78.0 Å². The fourth-order valence-corrected chi connectivity index (χ4v) is 10.2. The van der Waals surface area contributed by atoms with Crippen molar-refractivity contribution in [3.8, 4) is 61.3 Å². The molecular formula is C66H44N2O. The smallest absolute Gasteiger partial charge is 0.143 e. The van der Waals surface area contributed by atoms with Gasteiger partial charge in [-0.2, -0.15) is 0 Å². The molecule has 13 aromatic rings. The molecule has 0 N–H and O–H groups in total. The third-order valence-corrected chi connectivity index (χ3v) is 13.7. The maximum Gasteiger partial charge on any atom is 0.143 e. The third-order valence-electron chi connectivity index (χ3n) is 13.7. The van der Waals surface area contributed by atoms with Crippen LogP contribution in [-0.2, 0) is 0 Å². The summed E-state index contributed by atoms with van der Waals surface area (Å²) in [6.07, 6.45) is 0. The van der Waals surface area contributed by atoms with E-state index in [1.807, 2.05) is 12.1 Å². The van der Waals surface area contributed by atoms with Crippen molar-refractivity contribution in [3.05, 3.63) is 267 Å². The van der Waals surface area contributed by atoms with Gasteiger partial charge < -0.3 is 13.9 Å². The molecule has 0 saturated carbocycles. The van der Waals surface area contributed by atoms with Gasteiger partial charge in [-0.1, -0.05) is 206 Å². The highest BCUT2D eigenvalue weighted by Gasteiger charge is 2.19. The highest BCUT2D eigenvalue weighted by molar-refractivity contribution is 6.13. The summed E-state index contributed by atoms with van der Waals surface area (Å²) in [6, 6.07) is 96.0. The van der Waals surface area contributed by atoms with Crippen molar-refractivity contribution >= 4 is 60.8 Å². The van der Waals surface area contributed by atoms with Crippen molar-refractivity contribution in [1.82, 2.24) is 4.57 Å². The van der Waals surface area contributed by atoms with Gasteiger partial charge in [-0.25, -0.2) is 0 Å². The van der Waals surface area contributed by atoms with Gasteiger partial charge in [-0.15, -0.1) is 0 Å². The lowest BCUT2D eigenvalue weighted by atomic mass is 9.98. The molecule has 0 amide bonds. The molecule has 0 aliphatic heterocycles. The Kier molecular flexibility index (Phi) is 9.84. The Hall–Kier alpha value is -9.18. The first-order valence-corrected chi connectivity index (χ1v) is 23.6. The molecule has 0 saturated heterocycles. The van der Waals surface area contributed by atoms with Crippen molar-refractivity contribution in [2.45, 2.75) is 0 Å². The first-order valence-electron chi connectivity index (χ1n) is 23.6. The Balaban J connectivity index is 0.846. The van der Waals surface area contributed by atoms with Gasteiger partial charge in [0, 0.05) is 49.7 Å². The SMILES string of the molecule is c1ccc(-c2ccc(N(c3ccc(-c4ccccc4)cc3)c3ccc(-c4ccc(-c5ccccc5-n5c6ccccc6c6ccc(-c7cccc8c7oc7ccccc78)cc65)cc4)cc3)cc2)cc1. The Morgan fingerprint density at radius 2 is 0.710 bits per heavy atom. The second-order valence-electron chi connectivity index (χ2n) is 17.7. The normalized spacial score (nSPS) is 11.5. The number of anilines is 3. The van der Waals surface area contributed by atoms with Crippen molar-refractivity contribution < 1.29 is 4.42 Å². The molecule has 69 heavy (non-hydrogen) atoms. The van der Waals surface area contributed by atoms with Crippen LogP contribution < -0.4 is 4.90 Å². The number of hydrogen-bond acceptors (Lipinski definition) is 2. The minimum Gasteiger partial charge on any atom is -0.455 e. The molecule has 324 valence electrons. The quantitative estimate of drug-likeness (QED) is 0.144. The topological polar surface area (TPSA) is 21.3 Å². The zero-order chi connectivity index (χ0) is 45.7. The highest BCUT2D eigenvalue weighted by Crippen LogP contribution is 2.42. The van der Waals surface area contributed by atoms with Crippen LogP contribution in [0, 0.1) is 0 Å². The molecule has 0 unspecified atom stereocenters. The molecule has 0 radical (unpaired) electrons. The summed E-state index contributed by atoms with van der Waals surface area (Å²) in [5.41, 5.74) is 20.2. The Morgan fingerprint density at radius 3 is 1.33 bits per heavy atom. The molecule has 0 aliphatic rings. The van der Waals surface area contributed by atoms with Crippen molar-refractivity contribution in [3.63, 3.8) is 0 Å². The van der Waals surface area contributed by atoms with Crippen molar-refractivity contribution in [2.24, 2.45) is 0 Å². The molecule has 0 atom stereocenters. The van der Waals surface area contributed by atoms with Crippen LogP contribution >= 0.6 is 0 Å². The fraction of sp³-hybridized carbons (Fsp3) is 0. The van der Waals surface area contributed by atoms with Gasteiger partial charge in [-0.3, -0.25) is 0 Å². The number of aromatic nitrogens is 1. The second-order valence-corrected chi connectivity index (χ2v) is 17.7. The van der Waals surface area contributed by atoms with Crippen LogP contribution in [0.2, 0.25) is 0 Å². The third kappa shape index (κ3) is 7.16. The monoisotopic (exact) mass is 880 g/mol. The van der Waals surface area contributed by atoms with E-state index in [4.69, 9.17) is 4.42 Å². The minimum atomic E-state index is 0.904. The number of furan rings is 1. The van der Waals surface area contributed by atoms with E-state index in [1.165, 1.54) is 44.1 Å². The standard InChI is InChI=1S/C66H44N2O/c1-3-14-45(15-4-1)48-30-37-53(38-31-48)67(54-39-32-49(33-40-54)46-16-5-2-6-17-46)55-41-34-50(35-42-55)47-26-28-51(29-27-47)56-18-7-10-23-62(56)68-63-24-11-8-19-58(63)59-43-36-52(44-64(59)68)57-21-13-22-61-60-20-9-12-25-65(60)69-66(57)61/h1-44H. The summed E-state index contributed by atoms with van der Waals surface area (Å²) in [4.78, 5) is 2.34. The maximum atomic E-state index is 6.52. The van der Waals surface area contributed by atoms with Gasteiger partial charge in [0.05, 0.1) is 16.7 Å². The first kappa shape index (κ1) is 40.1. The highest BCUT2D eigenvalue weighted by atomic mass is 16.3. The Morgan fingerprint density at radius 1 is 0.275 bits per heavy atom. The van der Waals surface area contributed by atoms with Crippen LogP contribution in [0.5, 0.6) is 0 Å². The number of hydrogen-bond donors (Lipinski definition) is 0. The van der Waals surface area contributed by atoms with Gasteiger partial charge in [-0.05, 0) is 105 Å². The van der Waals surface area contributed by atoms with E-state index in [-0.39, 0.29) is 0 Å². The predicted octanol–water partition coefficient (Wildman–Crippen LogP) is 18.5.